The van der Waals surface area contributed by atoms with Crippen LogP contribution in [-0.4, -0.2) is 11.6 Å². The lowest BCUT2D eigenvalue weighted by atomic mass is 10.00. The highest BCUT2D eigenvalue weighted by molar-refractivity contribution is 5.73. The highest BCUT2D eigenvalue weighted by Crippen LogP contribution is 2.40. The first-order valence-electron chi connectivity index (χ1n) is 5.45. The zero-order valence-corrected chi connectivity index (χ0v) is 9.86. The van der Waals surface area contributed by atoms with Crippen molar-refractivity contribution < 1.29 is 26.7 Å². The molecule has 1 aromatic heterocycles. The van der Waals surface area contributed by atoms with Crippen molar-refractivity contribution in [2.45, 2.75) is 12.8 Å². The maximum atomic E-state index is 12.9. The molecule has 20 heavy (non-hydrogen) atoms. The van der Waals surface area contributed by atoms with Crippen LogP contribution in [-0.2, 0) is 6.18 Å². The van der Waals surface area contributed by atoms with Crippen LogP contribution in [0.5, 0.6) is 5.75 Å². The van der Waals surface area contributed by atoms with Crippen molar-refractivity contribution in [3.8, 4) is 16.9 Å². The minimum Gasteiger partial charge on any atom is -0.434 e. The number of hydrogen-bond donors (Lipinski definition) is 0. The summed E-state index contributed by atoms with van der Waals surface area (Å²) in [6, 6.07) is 5.74. The largest absolute Gasteiger partial charge is 0.434 e. The molecule has 0 atom stereocenters. The van der Waals surface area contributed by atoms with Crippen LogP contribution in [0.25, 0.3) is 11.1 Å². The van der Waals surface area contributed by atoms with Gasteiger partial charge in [0.05, 0.1) is 5.56 Å². The van der Waals surface area contributed by atoms with E-state index < -0.39 is 18.4 Å². The second-order valence-electron chi connectivity index (χ2n) is 3.79. The van der Waals surface area contributed by atoms with Crippen LogP contribution in [0, 0.1) is 0 Å². The maximum Gasteiger partial charge on any atom is 0.417 e. The van der Waals surface area contributed by atoms with Crippen LogP contribution in [0.4, 0.5) is 22.0 Å². The highest BCUT2D eigenvalue weighted by Gasteiger charge is 2.34. The first kappa shape index (κ1) is 14.2. The molecule has 7 heteroatoms. The minimum absolute atomic E-state index is 0.138. The van der Waals surface area contributed by atoms with Crippen LogP contribution in [0.2, 0.25) is 0 Å². The van der Waals surface area contributed by atoms with Gasteiger partial charge in [-0.2, -0.15) is 22.0 Å². The van der Waals surface area contributed by atoms with Gasteiger partial charge in [-0.1, -0.05) is 18.2 Å². The molecule has 1 heterocycles. The van der Waals surface area contributed by atoms with Crippen LogP contribution in [0.15, 0.2) is 42.7 Å². The zero-order valence-electron chi connectivity index (χ0n) is 9.86. The molecule has 0 amide bonds. The predicted molar refractivity (Wildman–Crippen MR) is 61.3 cm³/mol. The second-order valence-corrected chi connectivity index (χ2v) is 3.79. The molecule has 0 aliphatic rings. The van der Waals surface area contributed by atoms with E-state index in [0.717, 1.165) is 24.5 Å². The zero-order chi connectivity index (χ0) is 14.8. The molecule has 2 rings (SSSR count). The summed E-state index contributed by atoms with van der Waals surface area (Å²) in [5.74, 6) is -0.355. The summed E-state index contributed by atoms with van der Waals surface area (Å²) in [4.78, 5) is 3.66. The molecule has 1 aromatic carbocycles. The van der Waals surface area contributed by atoms with Crippen molar-refractivity contribution in [3.63, 3.8) is 0 Å². The van der Waals surface area contributed by atoms with Crippen LogP contribution in [0.1, 0.15) is 5.56 Å². The lowest BCUT2D eigenvalue weighted by Crippen LogP contribution is -2.08. The van der Waals surface area contributed by atoms with Gasteiger partial charge in [-0.05, 0) is 17.7 Å². The Morgan fingerprint density at radius 3 is 2.35 bits per heavy atom. The quantitative estimate of drug-likeness (QED) is 0.783. The summed E-state index contributed by atoms with van der Waals surface area (Å²) in [7, 11) is 0. The molecule has 0 saturated heterocycles. The molecule has 0 spiro atoms. The van der Waals surface area contributed by atoms with E-state index in [0.29, 0.717) is 0 Å². The van der Waals surface area contributed by atoms with E-state index in [-0.39, 0.29) is 16.9 Å². The first-order valence-corrected chi connectivity index (χ1v) is 5.45. The van der Waals surface area contributed by atoms with Gasteiger partial charge >= 0.3 is 12.8 Å². The number of benzene rings is 1. The Bertz CT molecular complexity index is 597. The average Bonchev–Trinajstić information content (AvgIpc) is 2.38. The third-order valence-electron chi connectivity index (χ3n) is 2.52. The molecule has 0 fully saturated rings. The standard InChI is InChI=1S/C13H8F5NO/c14-12(15)20-11-5-6-19-7-9(11)8-3-1-2-4-10(8)13(16,17)18/h1-7,12H. The molecule has 0 bridgehead atoms. The molecule has 106 valence electrons. The van der Waals surface area contributed by atoms with Gasteiger partial charge < -0.3 is 4.74 Å². The fourth-order valence-electron chi connectivity index (χ4n) is 1.75. The van der Waals surface area contributed by atoms with Crippen LogP contribution >= 0.6 is 0 Å². The number of halogens is 5. The Kier molecular flexibility index (Phi) is 3.87. The summed E-state index contributed by atoms with van der Waals surface area (Å²) in [5, 5.41) is 0. The fraction of sp³-hybridized carbons (Fsp3) is 0.154. The van der Waals surface area contributed by atoms with E-state index in [1.807, 2.05) is 0 Å². The number of ether oxygens (including phenoxy) is 1. The second kappa shape index (κ2) is 5.44. The molecule has 0 aliphatic carbocycles. The van der Waals surface area contributed by atoms with E-state index in [1.165, 1.54) is 18.2 Å². The summed E-state index contributed by atoms with van der Waals surface area (Å²) in [6.45, 7) is -3.13. The number of nitrogens with zero attached hydrogens (tertiary/aromatic N) is 1. The van der Waals surface area contributed by atoms with E-state index in [1.54, 1.807) is 0 Å². The van der Waals surface area contributed by atoms with E-state index in [9.17, 15) is 22.0 Å². The third kappa shape index (κ3) is 3.04. The van der Waals surface area contributed by atoms with Gasteiger partial charge in [-0.15, -0.1) is 0 Å². The number of rotatable bonds is 3. The van der Waals surface area contributed by atoms with Gasteiger partial charge in [-0.3, -0.25) is 4.98 Å². The van der Waals surface area contributed by atoms with E-state index >= 15 is 0 Å². The number of alkyl halides is 5. The van der Waals surface area contributed by atoms with Gasteiger partial charge in [0.2, 0.25) is 0 Å². The Hall–Kier alpha value is -2.18. The van der Waals surface area contributed by atoms with Crippen molar-refractivity contribution >= 4 is 0 Å². The third-order valence-corrected chi connectivity index (χ3v) is 2.52. The molecule has 0 unspecified atom stereocenters. The topological polar surface area (TPSA) is 22.1 Å². The summed E-state index contributed by atoms with van der Waals surface area (Å²) in [6.07, 6.45) is -2.38. The van der Waals surface area contributed by atoms with Crippen LogP contribution < -0.4 is 4.74 Å². The smallest absolute Gasteiger partial charge is 0.417 e. The highest BCUT2D eigenvalue weighted by atomic mass is 19.4. The summed E-state index contributed by atoms with van der Waals surface area (Å²) < 4.78 is 67.6. The summed E-state index contributed by atoms with van der Waals surface area (Å²) >= 11 is 0. The fourth-order valence-corrected chi connectivity index (χ4v) is 1.75. The van der Waals surface area contributed by atoms with Crippen LogP contribution in [0.3, 0.4) is 0 Å². The van der Waals surface area contributed by atoms with E-state index in [4.69, 9.17) is 0 Å². The first-order chi connectivity index (χ1) is 9.39. The lowest BCUT2D eigenvalue weighted by molar-refractivity contribution is -0.137. The Morgan fingerprint density at radius 1 is 1.00 bits per heavy atom. The van der Waals surface area contributed by atoms with Gasteiger partial charge in [-0.25, -0.2) is 0 Å². The van der Waals surface area contributed by atoms with E-state index in [2.05, 4.69) is 9.72 Å². The normalized spacial score (nSPS) is 11.7. The maximum absolute atomic E-state index is 12.9. The number of hydrogen-bond acceptors (Lipinski definition) is 2. The predicted octanol–water partition coefficient (Wildman–Crippen LogP) is 4.37. The monoisotopic (exact) mass is 289 g/mol. The molecule has 0 radical (unpaired) electrons. The summed E-state index contributed by atoms with van der Waals surface area (Å²) in [5.41, 5.74) is -1.34. The van der Waals surface area contributed by atoms with Crippen molar-refractivity contribution in [1.82, 2.24) is 4.98 Å². The Labute approximate surface area is 110 Å². The Balaban J connectivity index is 2.58. The van der Waals surface area contributed by atoms with Gasteiger partial charge in [0.15, 0.2) is 0 Å². The molecule has 0 N–H and O–H groups in total. The molecular weight excluding hydrogens is 281 g/mol. The molecule has 0 aliphatic heterocycles. The van der Waals surface area contributed by atoms with Gasteiger partial charge in [0.25, 0.3) is 0 Å². The number of aromatic nitrogens is 1. The van der Waals surface area contributed by atoms with Crippen molar-refractivity contribution in [2.75, 3.05) is 0 Å². The van der Waals surface area contributed by atoms with Crippen molar-refractivity contribution in [1.29, 1.82) is 0 Å². The van der Waals surface area contributed by atoms with Gasteiger partial charge in [0, 0.05) is 18.0 Å². The average molecular weight is 289 g/mol. The Morgan fingerprint density at radius 2 is 1.70 bits per heavy atom. The molecule has 2 nitrogen and oxygen atoms in total. The molecule has 0 saturated carbocycles. The van der Waals surface area contributed by atoms with Gasteiger partial charge in [0.1, 0.15) is 5.75 Å². The molecule has 2 aromatic rings. The number of pyridine rings is 1. The minimum atomic E-state index is -4.60. The SMILES string of the molecule is FC(F)Oc1ccncc1-c1ccccc1C(F)(F)F. The molecular formula is C13H8F5NO. The van der Waals surface area contributed by atoms with Crippen molar-refractivity contribution in [2.24, 2.45) is 0 Å². The lowest BCUT2D eigenvalue weighted by Gasteiger charge is -2.15. The van der Waals surface area contributed by atoms with Crippen molar-refractivity contribution in [3.05, 3.63) is 48.3 Å².